The first-order chi connectivity index (χ1) is 32.5. The average Bonchev–Trinajstić information content (AvgIpc) is 3.63. The monoisotopic (exact) mass is 948 g/mol. The average molecular weight is 949 g/mol. The van der Waals surface area contributed by atoms with E-state index in [2.05, 4.69) is 76.6 Å². The Balaban J connectivity index is 1.45. The number of nitrogens with one attached hydrogen (secondary N) is 1. The van der Waals surface area contributed by atoms with E-state index in [1.165, 1.54) is 12.0 Å². The molecule has 14 heteroatoms. The largest absolute Gasteiger partial charge is 0.541 e. The lowest BCUT2D eigenvalue weighted by molar-refractivity contribution is -0.146. The molecule has 0 unspecified atom stereocenters. The summed E-state index contributed by atoms with van der Waals surface area (Å²) in [4.78, 5) is 44.7. The summed E-state index contributed by atoms with van der Waals surface area (Å²) in [6.45, 7) is 22.2. The summed E-state index contributed by atoms with van der Waals surface area (Å²) in [5, 5.41) is 3.13. The first-order valence-corrected chi connectivity index (χ1v) is 25.9. The summed E-state index contributed by atoms with van der Waals surface area (Å²) in [7, 11) is 3.81. The minimum Gasteiger partial charge on any atom is -0.541 e. The van der Waals surface area contributed by atoms with E-state index in [0.717, 1.165) is 28.5 Å². The molecule has 0 fully saturated rings. The smallest absolute Gasteiger partial charge is 0.319 e. The van der Waals surface area contributed by atoms with Gasteiger partial charge in [-0.25, -0.2) is 0 Å². The second-order valence-corrected chi connectivity index (χ2v) is 23.4. The van der Waals surface area contributed by atoms with Gasteiger partial charge >= 0.3 is 5.97 Å². The zero-order valence-electron chi connectivity index (χ0n) is 41.5. The van der Waals surface area contributed by atoms with E-state index in [4.69, 9.17) is 37.6 Å². The maximum absolute atomic E-state index is 15.8. The number of fused-ring (bicyclic) bond motifs is 4. The van der Waals surface area contributed by atoms with Gasteiger partial charge in [0.25, 0.3) is 8.32 Å². The minimum atomic E-state index is -2.43. The highest BCUT2D eigenvalue weighted by Gasteiger charge is 2.46. The molecule has 0 spiro atoms. The van der Waals surface area contributed by atoms with Crippen LogP contribution >= 0.6 is 0 Å². The lowest BCUT2D eigenvalue weighted by atomic mass is 9.84. The molecule has 1 heterocycles. The van der Waals surface area contributed by atoms with Crippen molar-refractivity contribution in [1.29, 1.82) is 0 Å². The lowest BCUT2D eigenvalue weighted by Crippen LogP contribution is -2.57. The second kappa shape index (κ2) is 21.9. The zero-order valence-corrected chi connectivity index (χ0v) is 42.5. The molecule has 1 aliphatic carbocycles. The number of hydrogen-bond donors (Lipinski definition) is 1. The van der Waals surface area contributed by atoms with E-state index >= 15 is 4.79 Å². The summed E-state index contributed by atoms with van der Waals surface area (Å²) >= 11 is 0. The van der Waals surface area contributed by atoms with Gasteiger partial charge in [0.15, 0.2) is 17.2 Å². The first-order valence-electron chi connectivity index (χ1n) is 23.0. The lowest BCUT2D eigenvalue weighted by Gasteiger charge is -2.44. The van der Waals surface area contributed by atoms with Crippen LogP contribution in [0.25, 0.3) is 11.1 Å². The molecule has 3 atom stereocenters. The fourth-order valence-corrected chi connectivity index (χ4v) is 10.3. The molecule has 1 amide bonds. The van der Waals surface area contributed by atoms with E-state index in [1.54, 1.807) is 33.5 Å². The van der Waals surface area contributed by atoms with Crippen molar-refractivity contribution in [2.24, 2.45) is 0 Å². The number of hydrogen-bond acceptors (Lipinski definition) is 12. The topological polar surface area (TPSA) is 140 Å². The Kier molecular flexibility index (Phi) is 16.5. The molecular formula is C54H68N2O11Si. The number of esters is 1. The van der Waals surface area contributed by atoms with E-state index in [-0.39, 0.29) is 56.8 Å². The van der Waals surface area contributed by atoms with Crippen molar-refractivity contribution < 1.29 is 52.0 Å². The molecule has 4 aromatic rings. The van der Waals surface area contributed by atoms with Gasteiger partial charge in [0.05, 0.1) is 66.3 Å². The second-order valence-electron chi connectivity index (χ2n) is 18.6. The Morgan fingerprint density at radius 1 is 0.824 bits per heavy atom. The number of nitrogens with zero attached hydrogens (tertiary/aromatic N) is 1. The van der Waals surface area contributed by atoms with Crippen LogP contribution in [-0.4, -0.2) is 105 Å². The molecule has 6 rings (SSSR count). The number of ether oxygens (including phenoxy) is 7. The number of rotatable bonds is 22. The van der Waals surface area contributed by atoms with Crippen LogP contribution in [0.5, 0.6) is 34.5 Å². The summed E-state index contributed by atoms with van der Waals surface area (Å²) in [6, 6.07) is 15.1. The van der Waals surface area contributed by atoms with Gasteiger partial charge in [0.2, 0.25) is 5.91 Å². The molecule has 0 saturated heterocycles. The molecular weight excluding hydrogens is 881 g/mol. The van der Waals surface area contributed by atoms with Gasteiger partial charge in [-0.05, 0) is 60.3 Å². The molecule has 13 nitrogen and oxygen atoms in total. The molecule has 364 valence electrons. The van der Waals surface area contributed by atoms with Gasteiger partial charge in [-0.1, -0.05) is 88.0 Å². The Labute approximate surface area is 402 Å². The number of benzene rings is 4. The molecule has 0 radical (unpaired) electrons. The van der Waals surface area contributed by atoms with Crippen molar-refractivity contribution in [3.05, 3.63) is 119 Å². The molecule has 0 bridgehead atoms. The normalized spacial score (nSPS) is 15.8. The summed E-state index contributed by atoms with van der Waals surface area (Å²) in [6.07, 6.45) is 4.09. The number of carbonyl (C=O) groups is 3. The predicted octanol–water partition coefficient (Wildman–Crippen LogP) is 9.04. The first kappa shape index (κ1) is 51.3. The third kappa shape index (κ3) is 10.2. The quantitative estimate of drug-likeness (QED) is 0.0264. The summed E-state index contributed by atoms with van der Waals surface area (Å²) in [5.41, 5.74) is 7.59. The van der Waals surface area contributed by atoms with Crippen molar-refractivity contribution in [3.63, 3.8) is 0 Å². The molecule has 0 aromatic heterocycles. The number of carbonyl (C=O) groups excluding carboxylic acids is 3. The maximum atomic E-state index is 15.8. The zero-order chi connectivity index (χ0) is 49.5. The van der Waals surface area contributed by atoms with Crippen LogP contribution in [-0.2, 0) is 36.7 Å². The van der Waals surface area contributed by atoms with Gasteiger partial charge in [0.1, 0.15) is 36.7 Å². The van der Waals surface area contributed by atoms with Crippen LogP contribution in [0.15, 0.2) is 79.9 Å². The highest BCUT2D eigenvalue weighted by atomic mass is 28.4. The van der Waals surface area contributed by atoms with Gasteiger partial charge < -0.3 is 47.3 Å². The maximum Gasteiger partial charge on any atom is 0.319 e. The van der Waals surface area contributed by atoms with Crippen molar-refractivity contribution >= 4 is 26.5 Å². The fraction of sp³-hybridized carbons (Fsp3) is 0.426. The van der Waals surface area contributed by atoms with Gasteiger partial charge in [0, 0.05) is 46.6 Å². The standard InChI is InChI=1S/C54H68N2O11Si/c1-14-24-64-32-44-47-41(49(61-9)34(4)51(63-11)52(47)65-25-15-2)28-36(30-57)56(44)53(59)43(26-35-27-45(67-68(12,13)54(5,6)7)50(62-10)33(3)48(35)60-8)55-29-46(58)66-31-42-39-22-18-16-20-37(39)38-21-17-19-23-40(38)42/h14-23,27,30,36,42-44,55H,1-2,24-26,28-29,31-32H2,3-13H3/t36-,43-,44-/m0/s1. The highest BCUT2D eigenvalue weighted by molar-refractivity contribution is 6.74. The molecule has 68 heavy (non-hydrogen) atoms. The van der Waals surface area contributed by atoms with Crippen LogP contribution < -0.4 is 33.4 Å². The van der Waals surface area contributed by atoms with E-state index < -0.39 is 38.3 Å². The van der Waals surface area contributed by atoms with Crippen LogP contribution in [0.3, 0.4) is 0 Å². The molecule has 4 aromatic carbocycles. The molecule has 1 aliphatic heterocycles. The number of methoxy groups -OCH3 is 4. The van der Waals surface area contributed by atoms with E-state index in [0.29, 0.717) is 62.3 Å². The molecule has 0 saturated carbocycles. The van der Waals surface area contributed by atoms with Gasteiger partial charge in [-0.2, -0.15) is 0 Å². The van der Waals surface area contributed by atoms with Crippen molar-refractivity contribution in [2.45, 2.75) is 89.6 Å². The minimum absolute atomic E-state index is 0.00683. The Bertz CT molecular complexity index is 2440. The van der Waals surface area contributed by atoms with Crippen LogP contribution in [0.1, 0.15) is 71.7 Å². The third-order valence-corrected chi connectivity index (χ3v) is 17.9. The highest BCUT2D eigenvalue weighted by Crippen LogP contribution is 2.52. The number of aldehydes is 1. The molecule has 1 N–H and O–H groups in total. The fourth-order valence-electron chi connectivity index (χ4n) is 9.31. The van der Waals surface area contributed by atoms with Crippen LogP contribution in [0.2, 0.25) is 18.1 Å². The SMILES string of the molecule is C=CCOC[C@H]1c2c(c(OC)c(C)c(OC)c2OCC=C)C[C@@H](C=O)N1C(=O)[C@H](Cc1cc(O[Si](C)(C)C(C)(C)C)c(OC)c(C)c1OC)NCC(=O)OCC1c2ccccc2-c2ccccc21. The Hall–Kier alpha value is -6.09. The van der Waals surface area contributed by atoms with Crippen LogP contribution in [0.4, 0.5) is 0 Å². The van der Waals surface area contributed by atoms with Crippen molar-refractivity contribution in [2.75, 3.05) is 61.4 Å². The van der Waals surface area contributed by atoms with Crippen molar-refractivity contribution in [3.8, 4) is 45.6 Å². The van der Waals surface area contributed by atoms with Gasteiger partial charge in [-0.3, -0.25) is 14.9 Å². The summed E-state index contributed by atoms with van der Waals surface area (Å²) in [5.74, 6) is 1.60. The van der Waals surface area contributed by atoms with Crippen LogP contribution in [0, 0.1) is 13.8 Å². The van der Waals surface area contributed by atoms with Gasteiger partial charge in [-0.15, -0.1) is 6.58 Å². The Morgan fingerprint density at radius 3 is 1.97 bits per heavy atom. The number of amides is 1. The van der Waals surface area contributed by atoms with Crippen molar-refractivity contribution in [1.82, 2.24) is 10.2 Å². The third-order valence-electron chi connectivity index (χ3n) is 13.5. The summed E-state index contributed by atoms with van der Waals surface area (Å²) < 4.78 is 49.4. The van der Waals surface area contributed by atoms with E-state index in [1.807, 2.05) is 44.2 Å². The van der Waals surface area contributed by atoms with E-state index in [9.17, 15) is 9.59 Å². The Morgan fingerprint density at radius 2 is 1.41 bits per heavy atom. The molecule has 2 aliphatic rings. The predicted molar refractivity (Wildman–Crippen MR) is 266 cm³/mol.